The average Bonchev–Trinajstić information content (AvgIpc) is 3.08. The number of aromatic nitrogens is 4. The van der Waals surface area contributed by atoms with Crippen LogP contribution in [0.3, 0.4) is 0 Å². The van der Waals surface area contributed by atoms with Gasteiger partial charge < -0.3 is 9.84 Å². The fourth-order valence-corrected chi connectivity index (χ4v) is 2.05. The van der Waals surface area contributed by atoms with Crippen molar-refractivity contribution in [1.82, 2.24) is 20.3 Å². The van der Waals surface area contributed by atoms with Gasteiger partial charge in [-0.15, -0.1) is 11.8 Å². The molecule has 0 aliphatic rings. The zero-order valence-electron chi connectivity index (χ0n) is 11.4. The van der Waals surface area contributed by atoms with Gasteiger partial charge in [0.2, 0.25) is 17.8 Å². The van der Waals surface area contributed by atoms with Gasteiger partial charge in [-0.2, -0.15) is 10.1 Å². The van der Waals surface area contributed by atoms with E-state index in [1.807, 2.05) is 0 Å². The van der Waals surface area contributed by atoms with Gasteiger partial charge in [-0.1, -0.05) is 5.16 Å². The molecule has 0 spiro atoms. The SMILES string of the molecule is Cc1cc(NC(=O)[C@H](C)SCC(=O)Nc2ncn[nH]2)no1. The summed E-state index contributed by atoms with van der Waals surface area (Å²) in [6.07, 6.45) is 1.29. The number of H-pyrrole nitrogens is 1. The zero-order chi connectivity index (χ0) is 15.2. The number of nitrogens with zero attached hydrogens (tertiary/aromatic N) is 3. The Balaban J connectivity index is 1.74. The van der Waals surface area contributed by atoms with Gasteiger partial charge in [-0.05, 0) is 13.8 Å². The lowest BCUT2D eigenvalue weighted by molar-refractivity contribution is -0.115. The van der Waals surface area contributed by atoms with Crippen LogP contribution in [0.2, 0.25) is 0 Å². The summed E-state index contributed by atoms with van der Waals surface area (Å²) in [5, 5.41) is 14.5. The van der Waals surface area contributed by atoms with Crippen molar-refractivity contribution in [3.8, 4) is 0 Å². The number of anilines is 2. The molecule has 3 N–H and O–H groups in total. The highest BCUT2D eigenvalue weighted by Crippen LogP contribution is 2.14. The van der Waals surface area contributed by atoms with Gasteiger partial charge in [0.1, 0.15) is 12.1 Å². The Morgan fingerprint density at radius 2 is 2.29 bits per heavy atom. The largest absolute Gasteiger partial charge is 0.360 e. The predicted molar refractivity (Wildman–Crippen MR) is 76.8 cm³/mol. The van der Waals surface area contributed by atoms with E-state index in [1.54, 1.807) is 19.9 Å². The van der Waals surface area contributed by atoms with Crippen LogP contribution in [0.4, 0.5) is 11.8 Å². The molecule has 2 aromatic rings. The van der Waals surface area contributed by atoms with Crippen LogP contribution in [-0.2, 0) is 9.59 Å². The van der Waals surface area contributed by atoms with E-state index in [0.717, 1.165) is 0 Å². The number of carbonyl (C=O) groups is 2. The van der Waals surface area contributed by atoms with E-state index >= 15 is 0 Å². The van der Waals surface area contributed by atoms with E-state index in [1.165, 1.54) is 18.1 Å². The van der Waals surface area contributed by atoms with Crippen LogP contribution in [0.25, 0.3) is 0 Å². The third-order valence-corrected chi connectivity index (χ3v) is 3.53. The van der Waals surface area contributed by atoms with Crippen LogP contribution < -0.4 is 10.6 Å². The second-order valence-corrected chi connectivity index (χ2v) is 5.48. The molecule has 10 heteroatoms. The normalized spacial score (nSPS) is 11.9. The minimum atomic E-state index is -0.414. The molecule has 0 aliphatic carbocycles. The van der Waals surface area contributed by atoms with Crippen LogP contribution in [-0.4, -0.2) is 43.2 Å². The highest BCUT2D eigenvalue weighted by atomic mass is 32.2. The molecule has 2 heterocycles. The van der Waals surface area contributed by atoms with Crippen LogP contribution in [0, 0.1) is 6.92 Å². The number of aryl methyl sites for hydroxylation is 1. The molecule has 0 fully saturated rings. The van der Waals surface area contributed by atoms with E-state index in [9.17, 15) is 9.59 Å². The second kappa shape index (κ2) is 6.88. The Morgan fingerprint density at radius 3 is 2.90 bits per heavy atom. The van der Waals surface area contributed by atoms with Crippen LogP contribution in [0.1, 0.15) is 12.7 Å². The molecule has 0 aliphatic heterocycles. The van der Waals surface area contributed by atoms with Crippen molar-refractivity contribution in [3.63, 3.8) is 0 Å². The van der Waals surface area contributed by atoms with Gasteiger partial charge in [0.05, 0.1) is 11.0 Å². The lowest BCUT2D eigenvalue weighted by Gasteiger charge is -2.09. The maximum atomic E-state index is 11.9. The monoisotopic (exact) mass is 310 g/mol. The number of rotatable bonds is 6. The third-order valence-electron chi connectivity index (χ3n) is 2.39. The molecule has 1 atom stereocenters. The van der Waals surface area contributed by atoms with Gasteiger partial charge in [0, 0.05) is 6.07 Å². The number of hydrogen-bond acceptors (Lipinski definition) is 7. The summed E-state index contributed by atoms with van der Waals surface area (Å²) in [5.41, 5.74) is 0. The minimum absolute atomic E-state index is 0.118. The first kappa shape index (κ1) is 15.0. The van der Waals surface area contributed by atoms with Crippen molar-refractivity contribution in [2.24, 2.45) is 0 Å². The summed E-state index contributed by atoms with van der Waals surface area (Å²) < 4.78 is 4.85. The molecule has 0 radical (unpaired) electrons. The highest BCUT2D eigenvalue weighted by Gasteiger charge is 2.17. The first-order chi connectivity index (χ1) is 10.0. The van der Waals surface area contributed by atoms with Gasteiger partial charge in [-0.3, -0.25) is 14.9 Å². The first-order valence-electron chi connectivity index (χ1n) is 6.05. The first-order valence-corrected chi connectivity index (χ1v) is 7.10. The quantitative estimate of drug-likeness (QED) is 0.720. The van der Waals surface area contributed by atoms with E-state index in [-0.39, 0.29) is 23.5 Å². The fraction of sp³-hybridized carbons (Fsp3) is 0.364. The highest BCUT2D eigenvalue weighted by molar-refractivity contribution is 8.01. The van der Waals surface area contributed by atoms with E-state index < -0.39 is 5.25 Å². The number of carbonyl (C=O) groups excluding carboxylic acids is 2. The Labute approximate surface area is 124 Å². The van der Waals surface area contributed by atoms with E-state index in [2.05, 4.69) is 31.0 Å². The fourth-order valence-electron chi connectivity index (χ4n) is 1.36. The Bertz CT molecular complexity index is 611. The van der Waals surface area contributed by atoms with E-state index in [4.69, 9.17) is 4.52 Å². The number of amides is 2. The summed E-state index contributed by atoms with van der Waals surface area (Å²) in [7, 11) is 0. The standard InChI is InChI=1S/C11H14N6O3S/c1-6-3-8(17-20-6)14-10(19)7(2)21-4-9(18)15-11-12-5-13-16-11/h3,5,7H,4H2,1-2H3,(H,14,17,19)(H2,12,13,15,16,18)/t7-/m0/s1. The molecule has 2 rings (SSSR count). The summed E-state index contributed by atoms with van der Waals surface area (Å²) in [6, 6.07) is 1.62. The number of aromatic amines is 1. The summed E-state index contributed by atoms with van der Waals surface area (Å²) in [4.78, 5) is 27.3. The molecule has 0 unspecified atom stereocenters. The smallest absolute Gasteiger partial charge is 0.238 e. The Morgan fingerprint density at radius 1 is 1.48 bits per heavy atom. The van der Waals surface area contributed by atoms with Gasteiger partial charge >= 0.3 is 0 Å². The van der Waals surface area contributed by atoms with E-state index in [0.29, 0.717) is 11.6 Å². The van der Waals surface area contributed by atoms with Crippen LogP contribution in [0.15, 0.2) is 16.9 Å². The average molecular weight is 310 g/mol. The Hall–Kier alpha value is -2.36. The molecule has 21 heavy (non-hydrogen) atoms. The summed E-state index contributed by atoms with van der Waals surface area (Å²) >= 11 is 1.20. The molecule has 0 saturated carbocycles. The molecule has 112 valence electrons. The number of nitrogens with one attached hydrogen (secondary N) is 3. The lowest BCUT2D eigenvalue weighted by Crippen LogP contribution is -2.25. The predicted octanol–water partition coefficient (Wildman–Crippen LogP) is 0.800. The second-order valence-electron chi connectivity index (χ2n) is 4.15. The van der Waals surface area contributed by atoms with Gasteiger partial charge in [-0.25, -0.2) is 5.10 Å². The maximum Gasteiger partial charge on any atom is 0.238 e. The van der Waals surface area contributed by atoms with Gasteiger partial charge in [0.25, 0.3) is 0 Å². The van der Waals surface area contributed by atoms with Crippen molar-refractivity contribution in [2.45, 2.75) is 19.1 Å². The number of thioether (sulfide) groups is 1. The zero-order valence-corrected chi connectivity index (χ0v) is 12.2. The molecular weight excluding hydrogens is 296 g/mol. The Kier molecular flexibility index (Phi) is 4.93. The van der Waals surface area contributed by atoms with Crippen molar-refractivity contribution >= 4 is 35.3 Å². The maximum absolute atomic E-state index is 11.9. The third kappa shape index (κ3) is 4.60. The molecular formula is C11H14N6O3S. The van der Waals surface area contributed by atoms with Crippen molar-refractivity contribution < 1.29 is 14.1 Å². The van der Waals surface area contributed by atoms with Crippen molar-refractivity contribution in [2.75, 3.05) is 16.4 Å². The van der Waals surface area contributed by atoms with Crippen molar-refractivity contribution in [1.29, 1.82) is 0 Å². The lowest BCUT2D eigenvalue weighted by atomic mass is 10.4. The van der Waals surface area contributed by atoms with Crippen molar-refractivity contribution in [3.05, 3.63) is 18.2 Å². The molecule has 9 nitrogen and oxygen atoms in total. The molecule has 0 bridgehead atoms. The molecule has 2 amide bonds. The number of hydrogen-bond donors (Lipinski definition) is 3. The summed E-state index contributed by atoms with van der Waals surface area (Å²) in [6.45, 7) is 3.43. The van der Waals surface area contributed by atoms with Crippen LogP contribution in [0.5, 0.6) is 0 Å². The van der Waals surface area contributed by atoms with Crippen LogP contribution >= 0.6 is 11.8 Å². The summed E-state index contributed by atoms with van der Waals surface area (Å²) in [5.74, 6) is 0.839. The molecule has 0 aromatic carbocycles. The van der Waals surface area contributed by atoms with Gasteiger partial charge in [0.15, 0.2) is 5.82 Å². The molecule has 0 saturated heterocycles. The topological polar surface area (TPSA) is 126 Å². The minimum Gasteiger partial charge on any atom is -0.360 e. The molecule has 2 aromatic heterocycles.